The molecule has 1 aliphatic heterocycles. The van der Waals surface area contributed by atoms with Crippen molar-refractivity contribution in [2.24, 2.45) is 0 Å². The summed E-state index contributed by atoms with van der Waals surface area (Å²) in [5.74, 6) is -0.337. The molecule has 3 rings (SSSR count). The summed E-state index contributed by atoms with van der Waals surface area (Å²) in [5.41, 5.74) is -0.586. The van der Waals surface area contributed by atoms with E-state index in [2.05, 4.69) is 5.32 Å². The lowest BCUT2D eigenvalue weighted by molar-refractivity contribution is -0.137. The highest BCUT2D eigenvalue weighted by Gasteiger charge is 2.31. The van der Waals surface area contributed by atoms with E-state index in [0.29, 0.717) is 25.9 Å². The SMILES string of the molecule is O=C(NC1CCN(CC(F)F)CC1)c1ccc(-c2cccc(C(F)(F)F)c2)o1. The van der Waals surface area contributed by atoms with E-state index >= 15 is 0 Å². The summed E-state index contributed by atoms with van der Waals surface area (Å²) in [6.45, 7) is 0.644. The van der Waals surface area contributed by atoms with Crippen LogP contribution in [0.4, 0.5) is 22.0 Å². The molecule has 1 aromatic heterocycles. The summed E-state index contributed by atoms with van der Waals surface area (Å²) in [7, 11) is 0. The van der Waals surface area contributed by atoms with Crippen LogP contribution in [0.3, 0.4) is 0 Å². The van der Waals surface area contributed by atoms with Crippen molar-refractivity contribution in [1.82, 2.24) is 10.2 Å². The summed E-state index contributed by atoms with van der Waals surface area (Å²) in [6.07, 6.45) is -5.77. The molecule has 1 N–H and O–H groups in total. The third-order valence-corrected chi connectivity index (χ3v) is 4.62. The third-order valence-electron chi connectivity index (χ3n) is 4.62. The van der Waals surface area contributed by atoms with E-state index in [1.807, 2.05) is 0 Å². The van der Waals surface area contributed by atoms with E-state index < -0.39 is 24.1 Å². The second kappa shape index (κ2) is 8.30. The number of likely N-dealkylation sites (tertiary alicyclic amines) is 1. The molecule has 0 atom stereocenters. The zero-order valence-corrected chi connectivity index (χ0v) is 14.8. The van der Waals surface area contributed by atoms with E-state index in [1.54, 1.807) is 4.90 Å². The normalized spacial score (nSPS) is 16.5. The van der Waals surface area contributed by atoms with Crippen LogP contribution in [0, 0.1) is 0 Å². The van der Waals surface area contributed by atoms with Crippen molar-refractivity contribution in [3.05, 3.63) is 47.7 Å². The first-order chi connectivity index (χ1) is 13.2. The molecule has 2 aromatic rings. The average molecular weight is 402 g/mol. The summed E-state index contributed by atoms with van der Waals surface area (Å²) in [4.78, 5) is 14.0. The number of nitrogens with zero attached hydrogens (tertiary/aromatic N) is 1. The maximum Gasteiger partial charge on any atom is 0.416 e. The van der Waals surface area contributed by atoms with Crippen molar-refractivity contribution in [3.8, 4) is 11.3 Å². The Hall–Kier alpha value is -2.42. The Kier molecular flexibility index (Phi) is 6.02. The Balaban J connectivity index is 1.61. The summed E-state index contributed by atoms with van der Waals surface area (Å²) >= 11 is 0. The number of piperidine rings is 1. The van der Waals surface area contributed by atoms with E-state index in [1.165, 1.54) is 24.3 Å². The molecule has 1 saturated heterocycles. The van der Waals surface area contributed by atoms with Crippen LogP contribution in [-0.4, -0.2) is 42.9 Å². The van der Waals surface area contributed by atoms with Crippen LogP contribution in [0.5, 0.6) is 0 Å². The molecule has 1 aliphatic rings. The van der Waals surface area contributed by atoms with Crippen molar-refractivity contribution >= 4 is 5.91 Å². The van der Waals surface area contributed by atoms with Gasteiger partial charge in [-0.15, -0.1) is 0 Å². The van der Waals surface area contributed by atoms with Gasteiger partial charge in [0.15, 0.2) is 5.76 Å². The molecule has 0 radical (unpaired) electrons. The minimum Gasteiger partial charge on any atom is -0.451 e. The van der Waals surface area contributed by atoms with Gasteiger partial charge in [0, 0.05) is 24.7 Å². The van der Waals surface area contributed by atoms with Crippen molar-refractivity contribution in [1.29, 1.82) is 0 Å². The fraction of sp³-hybridized carbons (Fsp3) is 0.421. The lowest BCUT2D eigenvalue weighted by atomic mass is 10.0. The van der Waals surface area contributed by atoms with Crippen molar-refractivity contribution in [2.75, 3.05) is 19.6 Å². The number of benzene rings is 1. The first kappa shape index (κ1) is 20.3. The average Bonchev–Trinajstić information content (AvgIpc) is 3.13. The topological polar surface area (TPSA) is 45.5 Å². The first-order valence-corrected chi connectivity index (χ1v) is 8.81. The minimum atomic E-state index is -4.47. The van der Waals surface area contributed by atoms with Gasteiger partial charge in [0.2, 0.25) is 0 Å². The van der Waals surface area contributed by atoms with Gasteiger partial charge in [-0.3, -0.25) is 9.69 Å². The van der Waals surface area contributed by atoms with Crippen LogP contribution >= 0.6 is 0 Å². The highest BCUT2D eigenvalue weighted by Crippen LogP contribution is 2.32. The number of hydrogen-bond acceptors (Lipinski definition) is 3. The molecular weight excluding hydrogens is 383 g/mol. The number of rotatable bonds is 5. The van der Waals surface area contributed by atoms with Gasteiger partial charge in [0.1, 0.15) is 5.76 Å². The second-order valence-corrected chi connectivity index (χ2v) is 6.68. The number of furan rings is 1. The summed E-state index contributed by atoms with van der Waals surface area (Å²) < 4.78 is 68.7. The maximum absolute atomic E-state index is 12.8. The predicted molar refractivity (Wildman–Crippen MR) is 92.1 cm³/mol. The Bertz CT molecular complexity index is 811. The number of carbonyl (C=O) groups excluding carboxylic acids is 1. The standard InChI is InChI=1S/C19H19F5N2O2/c20-17(21)11-26-8-6-14(7-9-26)25-18(27)16-5-4-15(28-16)12-2-1-3-13(10-12)19(22,23)24/h1-5,10,14,17H,6-9,11H2,(H,25,27). The lowest BCUT2D eigenvalue weighted by Gasteiger charge is -2.31. The van der Waals surface area contributed by atoms with E-state index in [0.717, 1.165) is 12.1 Å². The van der Waals surface area contributed by atoms with Crippen LogP contribution in [0.25, 0.3) is 11.3 Å². The summed E-state index contributed by atoms with van der Waals surface area (Å²) in [6, 6.07) is 7.33. The van der Waals surface area contributed by atoms with Crippen LogP contribution in [0.2, 0.25) is 0 Å². The van der Waals surface area contributed by atoms with Gasteiger partial charge in [-0.05, 0) is 37.1 Å². The van der Waals surface area contributed by atoms with Gasteiger partial charge >= 0.3 is 6.18 Å². The number of halogens is 5. The molecule has 0 aliphatic carbocycles. The Morgan fingerprint density at radius 2 is 1.89 bits per heavy atom. The fourth-order valence-corrected chi connectivity index (χ4v) is 3.18. The van der Waals surface area contributed by atoms with E-state index in [9.17, 15) is 26.7 Å². The highest BCUT2D eigenvalue weighted by molar-refractivity contribution is 5.92. The molecule has 28 heavy (non-hydrogen) atoms. The highest BCUT2D eigenvalue weighted by atomic mass is 19.4. The van der Waals surface area contributed by atoms with Crippen molar-refractivity contribution in [3.63, 3.8) is 0 Å². The zero-order valence-electron chi connectivity index (χ0n) is 14.8. The number of hydrogen-bond donors (Lipinski definition) is 1. The largest absolute Gasteiger partial charge is 0.451 e. The molecule has 4 nitrogen and oxygen atoms in total. The zero-order chi connectivity index (χ0) is 20.3. The molecule has 9 heteroatoms. The monoisotopic (exact) mass is 402 g/mol. The second-order valence-electron chi connectivity index (χ2n) is 6.68. The minimum absolute atomic E-state index is 0.0116. The van der Waals surface area contributed by atoms with Crippen LogP contribution in [0.15, 0.2) is 40.8 Å². The van der Waals surface area contributed by atoms with Gasteiger partial charge in [0.25, 0.3) is 12.3 Å². The Morgan fingerprint density at radius 1 is 1.18 bits per heavy atom. The van der Waals surface area contributed by atoms with E-state index in [4.69, 9.17) is 4.42 Å². The first-order valence-electron chi connectivity index (χ1n) is 8.81. The maximum atomic E-state index is 12.8. The molecule has 0 saturated carbocycles. The Morgan fingerprint density at radius 3 is 2.54 bits per heavy atom. The number of alkyl halides is 5. The van der Waals surface area contributed by atoms with Crippen molar-refractivity contribution in [2.45, 2.75) is 31.5 Å². The molecule has 0 spiro atoms. The smallest absolute Gasteiger partial charge is 0.416 e. The molecular formula is C19H19F5N2O2. The molecule has 152 valence electrons. The molecule has 0 unspecified atom stereocenters. The number of amides is 1. The Labute approximate surface area is 158 Å². The summed E-state index contributed by atoms with van der Waals surface area (Å²) in [5, 5.41) is 2.78. The fourth-order valence-electron chi connectivity index (χ4n) is 3.18. The van der Waals surface area contributed by atoms with Crippen LogP contribution < -0.4 is 5.32 Å². The molecule has 0 bridgehead atoms. The molecule has 1 aromatic carbocycles. The lowest BCUT2D eigenvalue weighted by Crippen LogP contribution is -2.45. The van der Waals surface area contributed by atoms with Gasteiger partial charge in [-0.2, -0.15) is 13.2 Å². The predicted octanol–water partition coefficient (Wildman–Crippen LogP) is 4.42. The van der Waals surface area contributed by atoms with Crippen LogP contribution in [-0.2, 0) is 6.18 Å². The van der Waals surface area contributed by atoms with Gasteiger partial charge < -0.3 is 9.73 Å². The number of carbonyl (C=O) groups is 1. The van der Waals surface area contributed by atoms with Crippen LogP contribution in [0.1, 0.15) is 29.0 Å². The molecule has 1 fully saturated rings. The molecule has 1 amide bonds. The quantitative estimate of drug-likeness (QED) is 0.753. The van der Waals surface area contributed by atoms with Gasteiger partial charge in [0.05, 0.1) is 12.1 Å². The van der Waals surface area contributed by atoms with Gasteiger partial charge in [-0.1, -0.05) is 12.1 Å². The van der Waals surface area contributed by atoms with E-state index in [-0.39, 0.29) is 29.7 Å². The number of nitrogens with one attached hydrogen (secondary N) is 1. The van der Waals surface area contributed by atoms with Crippen molar-refractivity contribution < 1.29 is 31.2 Å². The van der Waals surface area contributed by atoms with Gasteiger partial charge in [-0.25, -0.2) is 8.78 Å². The third kappa shape index (κ3) is 5.09. The molecule has 2 heterocycles.